The van der Waals surface area contributed by atoms with Gasteiger partial charge in [-0.2, -0.15) is 0 Å². The molecule has 0 radical (unpaired) electrons. The van der Waals surface area contributed by atoms with Crippen molar-refractivity contribution in [3.63, 3.8) is 0 Å². The molecule has 2 aliphatic rings. The van der Waals surface area contributed by atoms with Crippen molar-refractivity contribution in [3.8, 4) is 0 Å². The Morgan fingerprint density at radius 2 is 1.95 bits per heavy atom. The summed E-state index contributed by atoms with van der Waals surface area (Å²) in [6.07, 6.45) is 2.73. The van der Waals surface area contributed by atoms with E-state index in [2.05, 4.69) is 22.8 Å². The van der Waals surface area contributed by atoms with Gasteiger partial charge >= 0.3 is 6.09 Å². The van der Waals surface area contributed by atoms with Gasteiger partial charge in [0.1, 0.15) is 6.10 Å². The lowest BCUT2D eigenvalue weighted by Crippen LogP contribution is -2.43. The minimum atomic E-state index is -0.254. The number of amides is 1. The number of piperidine rings is 1. The Morgan fingerprint density at radius 1 is 1.21 bits per heavy atom. The SMILES string of the molecule is O=C(NC1CCNCC1)O[C@H]1C[C@H]1c1ccccc1. The largest absolute Gasteiger partial charge is 0.446 e. The second-order valence-electron chi connectivity index (χ2n) is 5.37. The van der Waals surface area contributed by atoms with Crippen molar-refractivity contribution in [2.75, 3.05) is 13.1 Å². The van der Waals surface area contributed by atoms with Crippen LogP contribution in [0.4, 0.5) is 4.79 Å². The van der Waals surface area contributed by atoms with Gasteiger partial charge in [0.2, 0.25) is 0 Å². The van der Waals surface area contributed by atoms with E-state index in [0.29, 0.717) is 5.92 Å². The highest BCUT2D eigenvalue weighted by Gasteiger charge is 2.42. The molecular weight excluding hydrogens is 240 g/mol. The van der Waals surface area contributed by atoms with Crippen molar-refractivity contribution in [1.82, 2.24) is 10.6 Å². The number of carbonyl (C=O) groups excluding carboxylic acids is 1. The van der Waals surface area contributed by atoms with E-state index in [4.69, 9.17) is 4.74 Å². The Morgan fingerprint density at radius 3 is 2.68 bits per heavy atom. The van der Waals surface area contributed by atoms with Crippen molar-refractivity contribution in [1.29, 1.82) is 0 Å². The van der Waals surface area contributed by atoms with Crippen LogP contribution in [0.1, 0.15) is 30.7 Å². The molecule has 1 heterocycles. The maximum absolute atomic E-state index is 11.8. The summed E-state index contributed by atoms with van der Waals surface area (Å²) in [7, 11) is 0. The Labute approximate surface area is 113 Å². The maximum atomic E-state index is 11.8. The normalized spacial score (nSPS) is 26.7. The second kappa shape index (κ2) is 5.61. The molecule has 102 valence electrons. The molecule has 4 nitrogen and oxygen atoms in total. The van der Waals surface area contributed by atoms with E-state index < -0.39 is 0 Å². The number of ether oxygens (including phenoxy) is 1. The summed E-state index contributed by atoms with van der Waals surface area (Å²) in [5.41, 5.74) is 1.27. The van der Waals surface area contributed by atoms with Crippen molar-refractivity contribution in [3.05, 3.63) is 35.9 Å². The monoisotopic (exact) mass is 260 g/mol. The molecule has 1 saturated carbocycles. The molecule has 0 bridgehead atoms. The molecule has 1 aromatic rings. The van der Waals surface area contributed by atoms with Gasteiger partial charge in [0.05, 0.1) is 0 Å². The number of hydrogen-bond acceptors (Lipinski definition) is 3. The second-order valence-corrected chi connectivity index (χ2v) is 5.37. The maximum Gasteiger partial charge on any atom is 0.407 e. The zero-order chi connectivity index (χ0) is 13.1. The van der Waals surface area contributed by atoms with E-state index in [1.54, 1.807) is 0 Å². The molecule has 0 unspecified atom stereocenters. The molecule has 2 fully saturated rings. The molecule has 1 saturated heterocycles. The van der Waals surface area contributed by atoms with Crippen LogP contribution in [0.25, 0.3) is 0 Å². The molecule has 0 aromatic heterocycles. The zero-order valence-corrected chi connectivity index (χ0v) is 11.0. The first kappa shape index (κ1) is 12.5. The predicted molar refractivity (Wildman–Crippen MR) is 73.1 cm³/mol. The van der Waals surface area contributed by atoms with Crippen LogP contribution >= 0.6 is 0 Å². The standard InChI is InChI=1S/C15H20N2O2/c18-15(17-12-6-8-16-9-7-12)19-14-10-13(14)11-4-2-1-3-5-11/h1-5,12-14,16H,6-10H2,(H,17,18)/t13-,14-/m0/s1. The Bertz CT molecular complexity index is 429. The molecule has 4 heteroatoms. The minimum absolute atomic E-state index is 0.0594. The van der Waals surface area contributed by atoms with Gasteiger partial charge in [0.25, 0.3) is 0 Å². The van der Waals surface area contributed by atoms with Gasteiger partial charge in [0, 0.05) is 12.0 Å². The topological polar surface area (TPSA) is 50.4 Å². The summed E-state index contributed by atoms with van der Waals surface area (Å²) in [5, 5.41) is 6.24. The molecule has 1 aromatic carbocycles. The number of alkyl carbamates (subject to hydrolysis) is 1. The van der Waals surface area contributed by atoms with E-state index in [0.717, 1.165) is 32.4 Å². The summed E-state index contributed by atoms with van der Waals surface area (Å²) >= 11 is 0. The summed E-state index contributed by atoms with van der Waals surface area (Å²) in [6, 6.07) is 10.5. The van der Waals surface area contributed by atoms with Crippen LogP contribution in [-0.4, -0.2) is 31.3 Å². The van der Waals surface area contributed by atoms with Crippen LogP contribution < -0.4 is 10.6 Å². The number of benzene rings is 1. The van der Waals surface area contributed by atoms with E-state index in [1.807, 2.05) is 18.2 Å². The highest BCUT2D eigenvalue weighted by molar-refractivity contribution is 5.68. The summed E-state index contributed by atoms with van der Waals surface area (Å²) in [6.45, 7) is 1.95. The van der Waals surface area contributed by atoms with E-state index in [1.165, 1.54) is 5.56 Å². The van der Waals surface area contributed by atoms with Gasteiger partial charge in [0.15, 0.2) is 0 Å². The highest BCUT2D eigenvalue weighted by atomic mass is 16.6. The van der Waals surface area contributed by atoms with Crippen molar-refractivity contribution in [2.45, 2.75) is 37.3 Å². The van der Waals surface area contributed by atoms with E-state index in [9.17, 15) is 4.79 Å². The molecule has 3 rings (SSSR count). The third kappa shape index (κ3) is 3.26. The average Bonchev–Trinajstić information content (AvgIpc) is 3.20. The van der Waals surface area contributed by atoms with Crippen molar-refractivity contribution in [2.24, 2.45) is 0 Å². The quantitative estimate of drug-likeness (QED) is 0.874. The zero-order valence-electron chi connectivity index (χ0n) is 11.0. The Kier molecular flexibility index (Phi) is 3.69. The highest BCUT2D eigenvalue weighted by Crippen LogP contribution is 2.43. The lowest BCUT2D eigenvalue weighted by Gasteiger charge is -2.23. The van der Waals surface area contributed by atoms with Crippen LogP contribution in [0.2, 0.25) is 0 Å². The number of carbonyl (C=O) groups is 1. The van der Waals surface area contributed by atoms with E-state index in [-0.39, 0.29) is 18.2 Å². The number of hydrogen-bond donors (Lipinski definition) is 2. The van der Waals surface area contributed by atoms with Crippen LogP contribution in [-0.2, 0) is 4.74 Å². The van der Waals surface area contributed by atoms with Crippen LogP contribution in [0.15, 0.2) is 30.3 Å². The first-order valence-electron chi connectivity index (χ1n) is 7.06. The van der Waals surface area contributed by atoms with Gasteiger partial charge in [-0.15, -0.1) is 0 Å². The molecular formula is C15H20N2O2. The Hall–Kier alpha value is -1.55. The molecule has 1 amide bonds. The Balaban J connectivity index is 1.44. The minimum Gasteiger partial charge on any atom is -0.446 e. The summed E-state index contributed by atoms with van der Waals surface area (Å²) in [4.78, 5) is 11.8. The van der Waals surface area contributed by atoms with Gasteiger partial charge in [-0.1, -0.05) is 30.3 Å². The fourth-order valence-electron chi connectivity index (χ4n) is 2.66. The third-order valence-electron chi connectivity index (χ3n) is 3.88. The number of nitrogens with one attached hydrogen (secondary N) is 2. The van der Waals surface area contributed by atoms with Crippen molar-refractivity contribution < 1.29 is 9.53 Å². The smallest absolute Gasteiger partial charge is 0.407 e. The molecule has 19 heavy (non-hydrogen) atoms. The molecule has 2 atom stereocenters. The lowest BCUT2D eigenvalue weighted by atomic mass is 10.1. The summed E-state index contributed by atoms with van der Waals surface area (Å²) < 4.78 is 5.46. The van der Waals surface area contributed by atoms with Gasteiger partial charge < -0.3 is 15.4 Å². The third-order valence-corrected chi connectivity index (χ3v) is 3.88. The summed E-state index contributed by atoms with van der Waals surface area (Å²) in [5.74, 6) is 0.389. The van der Waals surface area contributed by atoms with Crippen LogP contribution in [0, 0.1) is 0 Å². The molecule has 0 spiro atoms. The fraction of sp³-hybridized carbons (Fsp3) is 0.533. The number of rotatable bonds is 3. The predicted octanol–water partition coefficient (Wildman–Crippen LogP) is 2.02. The lowest BCUT2D eigenvalue weighted by molar-refractivity contribution is 0.131. The van der Waals surface area contributed by atoms with Gasteiger partial charge in [-0.05, 0) is 37.9 Å². The first-order valence-corrected chi connectivity index (χ1v) is 7.06. The van der Waals surface area contributed by atoms with Gasteiger partial charge in [-0.25, -0.2) is 4.79 Å². The van der Waals surface area contributed by atoms with E-state index >= 15 is 0 Å². The van der Waals surface area contributed by atoms with Gasteiger partial charge in [-0.3, -0.25) is 0 Å². The average molecular weight is 260 g/mol. The first-order chi connectivity index (χ1) is 9.33. The fourth-order valence-corrected chi connectivity index (χ4v) is 2.66. The van der Waals surface area contributed by atoms with Crippen LogP contribution in [0.3, 0.4) is 0 Å². The molecule has 1 aliphatic heterocycles. The van der Waals surface area contributed by atoms with Crippen molar-refractivity contribution >= 4 is 6.09 Å². The molecule has 1 aliphatic carbocycles. The van der Waals surface area contributed by atoms with Crippen LogP contribution in [0.5, 0.6) is 0 Å². The molecule has 2 N–H and O–H groups in total.